The van der Waals surface area contributed by atoms with Gasteiger partial charge in [-0.1, -0.05) is 0 Å². The Morgan fingerprint density at radius 2 is 2.33 bits per heavy atom. The van der Waals surface area contributed by atoms with E-state index in [9.17, 15) is 0 Å². The molecule has 0 aromatic carbocycles. The average Bonchev–Trinajstić information content (AvgIpc) is 2.45. The summed E-state index contributed by atoms with van der Waals surface area (Å²) in [5.74, 6) is 0.311. The zero-order valence-electron chi connectivity index (χ0n) is 6.82. The highest BCUT2D eigenvalue weighted by Gasteiger charge is 1.99. The van der Waals surface area contributed by atoms with Crippen LogP contribution in [-0.2, 0) is 16.1 Å². The predicted molar refractivity (Wildman–Crippen MR) is 45.9 cm³/mol. The molecule has 0 spiro atoms. The third-order valence-electron chi connectivity index (χ3n) is 1.14. The Morgan fingerprint density at radius 3 is 2.92 bits per heavy atom. The summed E-state index contributed by atoms with van der Waals surface area (Å²) in [4.78, 5) is 3.93. The number of ether oxygens (including phenoxy) is 2. The van der Waals surface area contributed by atoms with E-state index in [1.165, 1.54) is 11.5 Å². The van der Waals surface area contributed by atoms with E-state index >= 15 is 0 Å². The molecule has 0 saturated heterocycles. The van der Waals surface area contributed by atoms with Crippen LogP contribution in [0, 0.1) is 0 Å². The van der Waals surface area contributed by atoms with Crippen molar-refractivity contribution in [2.75, 3.05) is 26.1 Å². The number of methoxy groups -OCH3 is 1. The molecule has 0 bridgehead atoms. The van der Waals surface area contributed by atoms with Crippen LogP contribution in [0.15, 0.2) is 0 Å². The van der Waals surface area contributed by atoms with Crippen LogP contribution in [0.1, 0.15) is 5.01 Å². The number of hydrogen-bond acceptors (Lipinski definition) is 6. The third kappa shape index (κ3) is 3.12. The molecular weight excluding hydrogens is 178 g/mol. The summed E-state index contributed by atoms with van der Waals surface area (Å²) in [6.07, 6.45) is 0. The van der Waals surface area contributed by atoms with Gasteiger partial charge in [0, 0.05) is 7.11 Å². The smallest absolute Gasteiger partial charge is 0.232 e. The van der Waals surface area contributed by atoms with Crippen molar-refractivity contribution in [3.8, 4) is 0 Å². The molecule has 1 aromatic heterocycles. The Morgan fingerprint density at radius 1 is 1.50 bits per heavy atom. The molecule has 1 heterocycles. The number of hydrogen-bond donors (Lipinski definition) is 1. The summed E-state index contributed by atoms with van der Waals surface area (Å²) in [5, 5.41) is 0.795. The SMILES string of the molecule is COCCOCc1nc(N)ns1. The molecule has 68 valence electrons. The summed E-state index contributed by atoms with van der Waals surface area (Å²) in [6, 6.07) is 0. The maximum atomic E-state index is 5.32. The number of nitrogens with zero attached hydrogens (tertiary/aromatic N) is 2. The Hall–Kier alpha value is -0.720. The first kappa shape index (κ1) is 9.37. The van der Waals surface area contributed by atoms with Crippen LogP contribution < -0.4 is 5.73 Å². The second-order valence-electron chi connectivity index (χ2n) is 2.09. The zero-order valence-corrected chi connectivity index (χ0v) is 7.63. The summed E-state index contributed by atoms with van der Waals surface area (Å²) >= 11 is 1.26. The van der Waals surface area contributed by atoms with E-state index in [0.29, 0.717) is 25.8 Å². The summed E-state index contributed by atoms with van der Waals surface area (Å²) in [5.41, 5.74) is 5.32. The van der Waals surface area contributed by atoms with Gasteiger partial charge in [-0.2, -0.15) is 4.37 Å². The molecule has 0 aliphatic carbocycles. The van der Waals surface area contributed by atoms with E-state index in [0.717, 1.165) is 5.01 Å². The van der Waals surface area contributed by atoms with Crippen molar-refractivity contribution in [1.82, 2.24) is 9.36 Å². The molecule has 0 unspecified atom stereocenters. The number of rotatable bonds is 5. The number of nitrogen functional groups attached to an aromatic ring is 1. The van der Waals surface area contributed by atoms with Gasteiger partial charge in [0.15, 0.2) is 0 Å². The minimum Gasteiger partial charge on any atom is -0.382 e. The lowest BCUT2D eigenvalue weighted by Crippen LogP contribution is -2.01. The topological polar surface area (TPSA) is 70.3 Å². The Kier molecular flexibility index (Phi) is 3.92. The lowest BCUT2D eigenvalue weighted by molar-refractivity contribution is 0.0616. The van der Waals surface area contributed by atoms with Crippen LogP contribution in [0.25, 0.3) is 0 Å². The van der Waals surface area contributed by atoms with E-state index in [1.54, 1.807) is 7.11 Å². The molecule has 0 aliphatic rings. The van der Waals surface area contributed by atoms with Crippen molar-refractivity contribution in [2.45, 2.75) is 6.61 Å². The van der Waals surface area contributed by atoms with Gasteiger partial charge in [0.05, 0.1) is 13.2 Å². The molecule has 1 rings (SSSR count). The highest BCUT2D eigenvalue weighted by atomic mass is 32.1. The Balaban J connectivity index is 2.15. The van der Waals surface area contributed by atoms with Gasteiger partial charge < -0.3 is 15.2 Å². The van der Waals surface area contributed by atoms with Crippen molar-refractivity contribution in [1.29, 1.82) is 0 Å². The van der Waals surface area contributed by atoms with Gasteiger partial charge in [-0.25, -0.2) is 4.98 Å². The van der Waals surface area contributed by atoms with Gasteiger partial charge in [-0.05, 0) is 11.5 Å². The lowest BCUT2D eigenvalue weighted by Gasteiger charge is -1.98. The molecule has 6 heteroatoms. The fraction of sp³-hybridized carbons (Fsp3) is 0.667. The Labute approximate surface area is 74.7 Å². The van der Waals surface area contributed by atoms with Crippen LogP contribution in [0.3, 0.4) is 0 Å². The number of aromatic nitrogens is 2. The van der Waals surface area contributed by atoms with Gasteiger partial charge in [-0.15, -0.1) is 0 Å². The molecule has 12 heavy (non-hydrogen) atoms. The molecule has 0 radical (unpaired) electrons. The molecule has 0 atom stereocenters. The standard InChI is InChI=1S/C6H11N3O2S/c1-10-2-3-11-4-5-8-6(7)9-12-5/h2-4H2,1H3,(H2,7,9). The average molecular weight is 189 g/mol. The van der Waals surface area contributed by atoms with Crippen molar-refractivity contribution >= 4 is 17.5 Å². The minimum atomic E-state index is 0.311. The second kappa shape index (κ2) is 5.02. The number of anilines is 1. The summed E-state index contributed by atoms with van der Waals surface area (Å²) in [7, 11) is 1.63. The first-order chi connectivity index (χ1) is 5.83. The van der Waals surface area contributed by atoms with Crippen molar-refractivity contribution in [3.05, 3.63) is 5.01 Å². The first-order valence-electron chi connectivity index (χ1n) is 3.47. The number of nitrogens with two attached hydrogens (primary N) is 1. The van der Waals surface area contributed by atoms with E-state index in [-0.39, 0.29) is 0 Å². The van der Waals surface area contributed by atoms with Crippen molar-refractivity contribution in [2.24, 2.45) is 0 Å². The minimum absolute atomic E-state index is 0.311. The van der Waals surface area contributed by atoms with E-state index in [1.807, 2.05) is 0 Å². The van der Waals surface area contributed by atoms with Crippen LogP contribution in [0.5, 0.6) is 0 Å². The molecule has 1 aromatic rings. The van der Waals surface area contributed by atoms with Crippen molar-refractivity contribution < 1.29 is 9.47 Å². The quantitative estimate of drug-likeness (QED) is 0.674. The fourth-order valence-corrected chi connectivity index (χ4v) is 1.14. The van der Waals surface area contributed by atoms with Gasteiger partial charge in [0.25, 0.3) is 0 Å². The highest BCUT2D eigenvalue weighted by molar-refractivity contribution is 7.05. The van der Waals surface area contributed by atoms with Crippen LogP contribution in [-0.4, -0.2) is 29.7 Å². The van der Waals surface area contributed by atoms with Crippen LogP contribution in [0.2, 0.25) is 0 Å². The molecule has 0 amide bonds. The highest BCUT2D eigenvalue weighted by Crippen LogP contribution is 2.06. The van der Waals surface area contributed by atoms with Gasteiger partial charge >= 0.3 is 0 Å². The van der Waals surface area contributed by atoms with Crippen LogP contribution >= 0.6 is 11.5 Å². The van der Waals surface area contributed by atoms with E-state index in [2.05, 4.69) is 9.36 Å². The van der Waals surface area contributed by atoms with Gasteiger partial charge in [-0.3, -0.25) is 0 Å². The summed E-state index contributed by atoms with van der Waals surface area (Å²) in [6.45, 7) is 1.61. The maximum absolute atomic E-state index is 5.32. The molecule has 0 aliphatic heterocycles. The lowest BCUT2D eigenvalue weighted by atomic mass is 10.7. The molecule has 5 nitrogen and oxygen atoms in total. The first-order valence-corrected chi connectivity index (χ1v) is 4.25. The van der Waals surface area contributed by atoms with E-state index < -0.39 is 0 Å². The third-order valence-corrected chi connectivity index (χ3v) is 1.84. The normalized spacial score (nSPS) is 10.4. The van der Waals surface area contributed by atoms with Gasteiger partial charge in [0.2, 0.25) is 5.95 Å². The van der Waals surface area contributed by atoms with Crippen LogP contribution in [0.4, 0.5) is 5.95 Å². The van der Waals surface area contributed by atoms with Gasteiger partial charge in [0.1, 0.15) is 11.6 Å². The fourth-order valence-electron chi connectivity index (χ4n) is 0.628. The van der Waals surface area contributed by atoms with Crippen molar-refractivity contribution in [3.63, 3.8) is 0 Å². The largest absolute Gasteiger partial charge is 0.382 e. The monoisotopic (exact) mass is 189 g/mol. The van der Waals surface area contributed by atoms with E-state index in [4.69, 9.17) is 15.2 Å². The molecule has 2 N–H and O–H groups in total. The predicted octanol–water partition coefficient (Wildman–Crippen LogP) is 0.283. The molecule has 0 fully saturated rings. The molecular formula is C6H11N3O2S. The second-order valence-corrected chi connectivity index (χ2v) is 2.93. The summed E-state index contributed by atoms with van der Waals surface area (Å²) < 4.78 is 13.8. The molecule has 0 saturated carbocycles. The maximum Gasteiger partial charge on any atom is 0.232 e. The Bertz CT molecular complexity index is 228. The zero-order chi connectivity index (χ0) is 8.81.